The van der Waals surface area contributed by atoms with Crippen LogP contribution in [0.1, 0.15) is 23.9 Å². The van der Waals surface area contributed by atoms with Gasteiger partial charge in [-0.1, -0.05) is 47.7 Å². The van der Waals surface area contributed by atoms with Crippen molar-refractivity contribution in [3.63, 3.8) is 0 Å². The van der Waals surface area contributed by atoms with Gasteiger partial charge in [-0.3, -0.25) is 0 Å². The van der Waals surface area contributed by atoms with Gasteiger partial charge in [0.1, 0.15) is 5.01 Å². The zero-order chi connectivity index (χ0) is 13.7. The first-order valence-corrected chi connectivity index (χ1v) is 8.18. The Labute approximate surface area is 126 Å². The molecule has 19 heavy (non-hydrogen) atoms. The number of benzene rings is 1. The number of rotatable bonds is 6. The van der Waals surface area contributed by atoms with Crippen LogP contribution in [0.2, 0.25) is 5.02 Å². The monoisotopic (exact) mass is 313 g/mol. The summed E-state index contributed by atoms with van der Waals surface area (Å²) < 4.78 is 0.955. The fourth-order valence-electron chi connectivity index (χ4n) is 1.61. The molecular formula is C13H16ClN3S2. The highest BCUT2D eigenvalue weighted by molar-refractivity contribution is 8.01. The Balaban J connectivity index is 2.16. The van der Waals surface area contributed by atoms with Crippen LogP contribution in [0, 0.1) is 6.92 Å². The molecule has 2 rings (SSSR count). The summed E-state index contributed by atoms with van der Waals surface area (Å²) in [6.45, 7) is 5.89. The smallest absolute Gasteiger partial charge is 0.179 e. The topological polar surface area (TPSA) is 37.8 Å². The van der Waals surface area contributed by atoms with E-state index in [1.54, 1.807) is 23.1 Å². The number of nitrogens with one attached hydrogen (secondary N) is 1. The molecule has 1 aromatic heterocycles. The minimum atomic E-state index is 0.785. The lowest BCUT2D eigenvalue weighted by Crippen LogP contribution is -2.14. The van der Waals surface area contributed by atoms with Gasteiger partial charge < -0.3 is 5.32 Å². The summed E-state index contributed by atoms with van der Waals surface area (Å²) >= 11 is 9.52. The normalized spacial score (nSPS) is 10.9. The van der Waals surface area contributed by atoms with E-state index in [2.05, 4.69) is 28.5 Å². The van der Waals surface area contributed by atoms with E-state index >= 15 is 0 Å². The SMILES string of the molecule is CCCNCc1c(Cl)cccc1Sc1nnc(C)s1. The molecule has 1 heterocycles. The first kappa shape index (κ1) is 14.8. The second-order valence-electron chi connectivity index (χ2n) is 4.08. The molecule has 0 saturated carbocycles. The molecule has 2 aromatic rings. The molecule has 0 unspecified atom stereocenters. The summed E-state index contributed by atoms with van der Waals surface area (Å²) in [6, 6.07) is 5.98. The third kappa shape index (κ3) is 4.18. The van der Waals surface area contributed by atoms with Crippen LogP contribution < -0.4 is 5.32 Å². The maximum absolute atomic E-state index is 6.29. The zero-order valence-corrected chi connectivity index (χ0v) is 13.3. The van der Waals surface area contributed by atoms with Gasteiger partial charge in [0.25, 0.3) is 0 Å². The molecule has 0 spiro atoms. The third-order valence-corrected chi connectivity index (χ3v) is 4.86. The van der Waals surface area contributed by atoms with Crippen LogP contribution in [0.3, 0.4) is 0 Å². The van der Waals surface area contributed by atoms with Gasteiger partial charge in [-0.2, -0.15) is 0 Å². The van der Waals surface area contributed by atoms with Gasteiger partial charge >= 0.3 is 0 Å². The minimum absolute atomic E-state index is 0.785. The first-order chi connectivity index (χ1) is 9.20. The van der Waals surface area contributed by atoms with Crippen molar-refractivity contribution in [2.24, 2.45) is 0 Å². The zero-order valence-electron chi connectivity index (χ0n) is 10.9. The van der Waals surface area contributed by atoms with Crippen molar-refractivity contribution >= 4 is 34.7 Å². The Hall–Kier alpha value is -0.620. The molecule has 3 nitrogen and oxygen atoms in total. The summed E-state index contributed by atoms with van der Waals surface area (Å²) in [7, 11) is 0. The third-order valence-electron chi connectivity index (χ3n) is 2.51. The molecule has 0 saturated heterocycles. The quantitative estimate of drug-likeness (QED) is 0.813. The molecule has 0 radical (unpaired) electrons. The predicted molar refractivity (Wildman–Crippen MR) is 82.2 cm³/mol. The molecular weight excluding hydrogens is 298 g/mol. The lowest BCUT2D eigenvalue weighted by molar-refractivity contribution is 0.669. The van der Waals surface area contributed by atoms with Crippen molar-refractivity contribution in [1.29, 1.82) is 0 Å². The van der Waals surface area contributed by atoms with Crippen LogP contribution in [0.15, 0.2) is 27.4 Å². The van der Waals surface area contributed by atoms with Crippen molar-refractivity contribution in [2.75, 3.05) is 6.54 Å². The summed E-state index contributed by atoms with van der Waals surface area (Å²) in [4.78, 5) is 1.15. The summed E-state index contributed by atoms with van der Waals surface area (Å²) in [5.41, 5.74) is 1.13. The van der Waals surface area contributed by atoms with E-state index in [4.69, 9.17) is 11.6 Å². The Kier molecular flexibility index (Phi) is 5.63. The van der Waals surface area contributed by atoms with Gasteiger partial charge in [0, 0.05) is 16.5 Å². The van der Waals surface area contributed by atoms with Gasteiger partial charge in [0.15, 0.2) is 4.34 Å². The second-order valence-corrected chi connectivity index (χ2v) is 6.96. The number of aryl methyl sites for hydroxylation is 1. The molecule has 102 valence electrons. The highest BCUT2D eigenvalue weighted by Crippen LogP contribution is 2.35. The number of hydrogen-bond donors (Lipinski definition) is 1. The number of hydrogen-bond acceptors (Lipinski definition) is 5. The average Bonchev–Trinajstić information content (AvgIpc) is 2.78. The highest BCUT2D eigenvalue weighted by Gasteiger charge is 2.10. The maximum Gasteiger partial charge on any atom is 0.179 e. The van der Waals surface area contributed by atoms with Crippen molar-refractivity contribution in [1.82, 2.24) is 15.5 Å². The Morgan fingerprint density at radius 1 is 1.37 bits per heavy atom. The van der Waals surface area contributed by atoms with E-state index in [0.717, 1.165) is 44.3 Å². The molecule has 0 bridgehead atoms. The standard InChI is InChI=1S/C13H16ClN3S2/c1-3-7-15-8-10-11(14)5-4-6-12(10)19-13-17-16-9(2)18-13/h4-6,15H,3,7-8H2,1-2H3. The predicted octanol–water partition coefficient (Wildman–Crippen LogP) is 4.15. The van der Waals surface area contributed by atoms with Crippen LogP contribution in [-0.4, -0.2) is 16.7 Å². The fourth-order valence-corrected chi connectivity index (χ4v) is 3.84. The van der Waals surface area contributed by atoms with Crippen LogP contribution in [0.25, 0.3) is 0 Å². The largest absolute Gasteiger partial charge is 0.313 e. The Bertz CT molecular complexity index is 542. The van der Waals surface area contributed by atoms with E-state index in [-0.39, 0.29) is 0 Å². The Morgan fingerprint density at radius 3 is 2.89 bits per heavy atom. The van der Waals surface area contributed by atoms with Crippen LogP contribution in [0.4, 0.5) is 0 Å². The lowest BCUT2D eigenvalue weighted by Gasteiger charge is -2.10. The Morgan fingerprint density at radius 2 is 2.21 bits per heavy atom. The van der Waals surface area contributed by atoms with Gasteiger partial charge in [0.2, 0.25) is 0 Å². The number of halogens is 1. The molecule has 0 aliphatic rings. The van der Waals surface area contributed by atoms with Gasteiger partial charge in [0.05, 0.1) is 0 Å². The van der Waals surface area contributed by atoms with Crippen LogP contribution in [-0.2, 0) is 6.54 Å². The molecule has 0 fully saturated rings. The van der Waals surface area contributed by atoms with E-state index in [1.807, 2.05) is 19.1 Å². The van der Waals surface area contributed by atoms with Crippen molar-refractivity contribution < 1.29 is 0 Å². The average molecular weight is 314 g/mol. The van der Waals surface area contributed by atoms with Crippen molar-refractivity contribution in [2.45, 2.75) is 36.0 Å². The summed E-state index contributed by atoms with van der Waals surface area (Å²) in [6.07, 6.45) is 1.11. The summed E-state index contributed by atoms with van der Waals surface area (Å²) in [5.74, 6) is 0. The van der Waals surface area contributed by atoms with Gasteiger partial charge in [-0.05, 0) is 37.6 Å². The molecule has 0 atom stereocenters. The summed E-state index contributed by atoms with van der Waals surface area (Å²) in [5, 5.41) is 13.4. The van der Waals surface area contributed by atoms with Crippen LogP contribution >= 0.6 is 34.7 Å². The second kappa shape index (κ2) is 7.24. The van der Waals surface area contributed by atoms with E-state index in [0.29, 0.717) is 0 Å². The molecule has 0 aliphatic heterocycles. The molecule has 0 amide bonds. The number of aromatic nitrogens is 2. The molecule has 6 heteroatoms. The van der Waals surface area contributed by atoms with Gasteiger partial charge in [-0.15, -0.1) is 10.2 Å². The van der Waals surface area contributed by atoms with Crippen molar-refractivity contribution in [3.05, 3.63) is 33.8 Å². The minimum Gasteiger partial charge on any atom is -0.313 e. The van der Waals surface area contributed by atoms with E-state index in [9.17, 15) is 0 Å². The van der Waals surface area contributed by atoms with Crippen molar-refractivity contribution in [3.8, 4) is 0 Å². The first-order valence-electron chi connectivity index (χ1n) is 6.16. The maximum atomic E-state index is 6.29. The van der Waals surface area contributed by atoms with E-state index < -0.39 is 0 Å². The fraction of sp³-hybridized carbons (Fsp3) is 0.385. The lowest BCUT2D eigenvalue weighted by atomic mass is 10.2. The molecule has 0 aliphatic carbocycles. The van der Waals surface area contributed by atoms with Crippen LogP contribution in [0.5, 0.6) is 0 Å². The number of nitrogens with zero attached hydrogens (tertiary/aromatic N) is 2. The highest BCUT2D eigenvalue weighted by atomic mass is 35.5. The van der Waals surface area contributed by atoms with E-state index in [1.165, 1.54) is 0 Å². The molecule has 1 aromatic carbocycles. The molecule has 1 N–H and O–H groups in total. The van der Waals surface area contributed by atoms with Gasteiger partial charge in [-0.25, -0.2) is 0 Å².